The Morgan fingerprint density at radius 1 is 0.298 bits per heavy atom. The molecule has 0 aromatic heterocycles. The van der Waals surface area contributed by atoms with E-state index in [1.165, 1.54) is 88.3 Å². The van der Waals surface area contributed by atoms with Gasteiger partial charge in [-0.05, 0) is 100 Å². The molecule has 0 fully saturated rings. The van der Waals surface area contributed by atoms with Gasteiger partial charge in [-0.3, -0.25) is 0 Å². The molecule has 9 rings (SSSR count). The second-order valence-electron chi connectivity index (χ2n) is 13.3. The topological polar surface area (TPSA) is 0 Å². The Labute approximate surface area is 276 Å². The second kappa shape index (κ2) is 10.7. The van der Waals surface area contributed by atoms with E-state index in [1.807, 2.05) is 0 Å². The summed E-state index contributed by atoms with van der Waals surface area (Å²) in [6.07, 6.45) is 0. The van der Waals surface area contributed by atoms with Crippen LogP contribution >= 0.6 is 0 Å². The summed E-state index contributed by atoms with van der Waals surface area (Å²) in [5, 5.41) is 5.09. The minimum absolute atomic E-state index is 0.0405. The summed E-state index contributed by atoms with van der Waals surface area (Å²) in [6, 6.07) is 62.6. The van der Waals surface area contributed by atoms with E-state index in [0.29, 0.717) is 0 Å². The number of rotatable bonds is 4. The van der Waals surface area contributed by atoms with E-state index in [1.54, 1.807) is 0 Å². The van der Waals surface area contributed by atoms with Gasteiger partial charge >= 0.3 is 0 Å². The second-order valence-corrected chi connectivity index (χ2v) is 13.3. The van der Waals surface area contributed by atoms with Crippen molar-refractivity contribution in [3.8, 4) is 55.6 Å². The highest BCUT2D eigenvalue weighted by Crippen LogP contribution is 2.50. The maximum Gasteiger partial charge on any atom is 0.0159 e. The molecule has 0 heterocycles. The molecule has 0 N–H and O–H groups in total. The average Bonchev–Trinajstić information content (AvgIpc) is 3.36. The third-order valence-corrected chi connectivity index (χ3v) is 10.3. The highest BCUT2D eigenvalue weighted by atomic mass is 14.4. The van der Waals surface area contributed by atoms with Crippen LogP contribution in [0.25, 0.3) is 77.2 Å². The first-order valence-corrected chi connectivity index (χ1v) is 16.5. The lowest BCUT2D eigenvalue weighted by molar-refractivity contribution is 0.660. The zero-order chi connectivity index (χ0) is 31.5. The molecule has 47 heavy (non-hydrogen) atoms. The third kappa shape index (κ3) is 4.37. The Morgan fingerprint density at radius 2 is 0.745 bits per heavy atom. The van der Waals surface area contributed by atoms with Crippen LogP contribution < -0.4 is 0 Å². The van der Waals surface area contributed by atoms with Gasteiger partial charge in [0.15, 0.2) is 0 Å². The number of hydrogen-bond acceptors (Lipinski definition) is 0. The van der Waals surface area contributed by atoms with Crippen LogP contribution in [-0.2, 0) is 5.41 Å². The van der Waals surface area contributed by atoms with E-state index >= 15 is 0 Å². The fraction of sp³-hybridized carbons (Fsp3) is 0.0638. The van der Waals surface area contributed by atoms with E-state index in [4.69, 9.17) is 0 Å². The van der Waals surface area contributed by atoms with Crippen LogP contribution in [0, 0.1) is 0 Å². The van der Waals surface area contributed by atoms with Crippen molar-refractivity contribution in [1.29, 1.82) is 0 Å². The van der Waals surface area contributed by atoms with Gasteiger partial charge in [0.1, 0.15) is 0 Å². The van der Waals surface area contributed by atoms with Crippen molar-refractivity contribution in [3.05, 3.63) is 181 Å². The first-order valence-electron chi connectivity index (χ1n) is 16.5. The zero-order valence-corrected chi connectivity index (χ0v) is 26.7. The summed E-state index contributed by atoms with van der Waals surface area (Å²) < 4.78 is 0. The van der Waals surface area contributed by atoms with Gasteiger partial charge in [0.25, 0.3) is 0 Å². The molecule has 0 bridgehead atoms. The molecular weight excluding hydrogens is 565 g/mol. The minimum atomic E-state index is -0.0405. The molecule has 0 saturated heterocycles. The fourth-order valence-electron chi connectivity index (χ4n) is 7.93. The van der Waals surface area contributed by atoms with Crippen LogP contribution in [0.4, 0.5) is 0 Å². The average molecular weight is 599 g/mol. The number of fused-ring (bicyclic) bond motifs is 5. The SMILES string of the molecule is CC1(C)c2ccccc2-c2ccc(-c3ccc4c(-c5ccccc5)c5ccccc5c(-c5ccc(-c6ccccc6)cc5)c4c3)cc21. The highest BCUT2D eigenvalue weighted by molar-refractivity contribution is 6.22. The van der Waals surface area contributed by atoms with Crippen molar-refractivity contribution in [3.63, 3.8) is 0 Å². The molecule has 0 saturated carbocycles. The van der Waals surface area contributed by atoms with Gasteiger partial charge in [0.05, 0.1) is 0 Å². The van der Waals surface area contributed by atoms with Crippen molar-refractivity contribution in [2.24, 2.45) is 0 Å². The summed E-state index contributed by atoms with van der Waals surface area (Å²) in [6.45, 7) is 4.72. The van der Waals surface area contributed by atoms with E-state index in [2.05, 4.69) is 184 Å². The first-order chi connectivity index (χ1) is 23.1. The van der Waals surface area contributed by atoms with Gasteiger partial charge in [-0.1, -0.05) is 172 Å². The third-order valence-electron chi connectivity index (χ3n) is 10.3. The Kier molecular flexibility index (Phi) is 6.27. The summed E-state index contributed by atoms with van der Waals surface area (Å²) in [5.41, 5.74) is 15.5. The van der Waals surface area contributed by atoms with Gasteiger partial charge < -0.3 is 0 Å². The summed E-state index contributed by atoms with van der Waals surface area (Å²) >= 11 is 0. The first kappa shape index (κ1) is 27.6. The highest BCUT2D eigenvalue weighted by Gasteiger charge is 2.35. The predicted octanol–water partition coefficient (Wildman–Crippen LogP) is 13.0. The Morgan fingerprint density at radius 3 is 1.47 bits per heavy atom. The number of benzene rings is 8. The molecule has 0 unspecified atom stereocenters. The van der Waals surface area contributed by atoms with Gasteiger partial charge in [-0.15, -0.1) is 0 Å². The molecule has 8 aromatic carbocycles. The molecule has 0 heteroatoms. The van der Waals surface area contributed by atoms with Crippen LogP contribution in [-0.4, -0.2) is 0 Å². The molecule has 222 valence electrons. The zero-order valence-electron chi connectivity index (χ0n) is 26.7. The molecule has 0 amide bonds. The molecular formula is C47H34. The van der Waals surface area contributed by atoms with Gasteiger partial charge in [0.2, 0.25) is 0 Å². The Bertz CT molecular complexity index is 2450. The van der Waals surface area contributed by atoms with Crippen LogP contribution in [0.2, 0.25) is 0 Å². The van der Waals surface area contributed by atoms with Gasteiger partial charge in [-0.25, -0.2) is 0 Å². The summed E-state index contributed by atoms with van der Waals surface area (Å²) in [5.74, 6) is 0. The van der Waals surface area contributed by atoms with Crippen LogP contribution in [0.15, 0.2) is 170 Å². The normalized spacial score (nSPS) is 13.1. The van der Waals surface area contributed by atoms with Crippen molar-refractivity contribution < 1.29 is 0 Å². The summed E-state index contributed by atoms with van der Waals surface area (Å²) in [4.78, 5) is 0. The molecule has 0 aliphatic heterocycles. The van der Waals surface area contributed by atoms with Crippen LogP contribution in [0.5, 0.6) is 0 Å². The van der Waals surface area contributed by atoms with E-state index in [0.717, 1.165) is 0 Å². The minimum Gasteiger partial charge on any atom is -0.0622 e. The van der Waals surface area contributed by atoms with Gasteiger partial charge in [0, 0.05) is 5.41 Å². The van der Waals surface area contributed by atoms with Crippen molar-refractivity contribution in [2.75, 3.05) is 0 Å². The lowest BCUT2D eigenvalue weighted by atomic mass is 9.81. The quantitative estimate of drug-likeness (QED) is 0.177. The maximum atomic E-state index is 2.44. The van der Waals surface area contributed by atoms with Crippen molar-refractivity contribution in [1.82, 2.24) is 0 Å². The number of hydrogen-bond donors (Lipinski definition) is 0. The smallest absolute Gasteiger partial charge is 0.0159 e. The predicted molar refractivity (Wildman–Crippen MR) is 201 cm³/mol. The largest absolute Gasteiger partial charge is 0.0622 e. The van der Waals surface area contributed by atoms with Crippen molar-refractivity contribution >= 4 is 21.5 Å². The van der Waals surface area contributed by atoms with Crippen LogP contribution in [0.3, 0.4) is 0 Å². The standard InChI is InChI=1S/C47H34/c1-47(2)43-20-12-11-17-37(43)38-27-25-36(30-44(38)47)35-26-28-41-42(29-35)46(34-23-21-32(22-24-34)31-13-5-3-6-14-31)40-19-10-9-18-39(40)45(41)33-15-7-4-8-16-33/h3-30H,1-2H3. The van der Waals surface area contributed by atoms with Crippen molar-refractivity contribution in [2.45, 2.75) is 19.3 Å². The Hall–Kier alpha value is -5.72. The van der Waals surface area contributed by atoms with E-state index < -0.39 is 0 Å². The molecule has 1 aliphatic carbocycles. The lowest BCUT2D eigenvalue weighted by Crippen LogP contribution is -2.14. The van der Waals surface area contributed by atoms with Gasteiger partial charge in [-0.2, -0.15) is 0 Å². The lowest BCUT2D eigenvalue weighted by Gasteiger charge is -2.22. The van der Waals surface area contributed by atoms with E-state index in [9.17, 15) is 0 Å². The molecule has 0 atom stereocenters. The van der Waals surface area contributed by atoms with E-state index in [-0.39, 0.29) is 5.41 Å². The fourth-order valence-corrected chi connectivity index (χ4v) is 7.93. The summed E-state index contributed by atoms with van der Waals surface area (Å²) in [7, 11) is 0. The Balaban J connectivity index is 1.30. The molecule has 8 aromatic rings. The van der Waals surface area contributed by atoms with Crippen LogP contribution in [0.1, 0.15) is 25.0 Å². The molecule has 0 spiro atoms. The molecule has 0 radical (unpaired) electrons. The monoisotopic (exact) mass is 598 g/mol. The molecule has 0 nitrogen and oxygen atoms in total. The molecule has 1 aliphatic rings. The maximum absolute atomic E-state index is 2.44.